The molecule has 0 aliphatic carbocycles. The molecular weight excluding hydrogens is 314 g/mol. The molecule has 1 aliphatic heterocycles. The van der Waals surface area contributed by atoms with E-state index in [0.717, 1.165) is 18.8 Å². The number of nitrogens with one attached hydrogen (secondary N) is 1. The highest BCUT2D eigenvalue weighted by atomic mass is 35.5. The second-order valence-electron chi connectivity index (χ2n) is 5.43. The number of nitrogens with zero attached hydrogens (tertiary/aromatic N) is 2. The van der Waals surface area contributed by atoms with E-state index in [0.29, 0.717) is 17.1 Å². The number of carbonyl (C=O) groups excluding carboxylic acids is 2. The van der Waals surface area contributed by atoms with E-state index in [2.05, 4.69) is 15.2 Å². The molecule has 23 heavy (non-hydrogen) atoms. The zero-order chi connectivity index (χ0) is 16.2. The average Bonchev–Trinajstić information content (AvgIpc) is 3.04. The van der Waals surface area contributed by atoms with Crippen molar-refractivity contribution < 1.29 is 9.59 Å². The molecule has 5 nitrogen and oxygen atoms in total. The highest BCUT2D eigenvalue weighted by Gasteiger charge is 2.27. The number of carbonyl (C=O) groups is 2. The molecule has 0 radical (unpaired) electrons. The van der Waals surface area contributed by atoms with Gasteiger partial charge in [0.15, 0.2) is 0 Å². The van der Waals surface area contributed by atoms with E-state index in [9.17, 15) is 9.59 Å². The number of amides is 1. The Labute approximate surface area is 139 Å². The summed E-state index contributed by atoms with van der Waals surface area (Å²) >= 11 is 5.78. The van der Waals surface area contributed by atoms with Crippen molar-refractivity contribution in [2.45, 2.75) is 12.5 Å². The van der Waals surface area contributed by atoms with Gasteiger partial charge in [-0.05, 0) is 42.8 Å². The van der Waals surface area contributed by atoms with Crippen molar-refractivity contribution >= 4 is 29.1 Å². The summed E-state index contributed by atoms with van der Waals surface area (Å²) in [7, 11) is 0. The topological polar surface area (TPSA) is 62.3 Å². The molecule has 6 heteroatoms. The van der Waals surface area contributed by atoms with Gasteiger partial charge in [0.05, 0.1) is 0 Å². The lowest BCUT2D eigenvalue weighted by atomic mass is 10.1. The predicted molar refractivity (Wildman–Crippen MR) is 88.8 cm³/mol. The van der Waals surface area contributed by atoms with Gasteiger partial charge in [-0.2, -0.15) is 0 Å². The smallest absolute Gasteiger partial charge is 0.292 e. The number of rotatable bonds is 4. The number of benzene rings is 1. The Kier molecular flexibility index (Phi) is 4.57. The summed E-state index contributed by atoms with van der Waals surface area (Å²) in [6.45, 7) is 1.45. The number of aromatic nitrogens is 1. The van der Waals surface area contributed by atoms with Crippen molar-refractivity contribution in [2.75, 3.05) is 18.0 Å². The van der Waals surface area contributed by atoms with Crippen molar-refractivity contribution in [1.82, 2.24) is 10.3 Å². The predicted octanol–water partition coefficient (Wildman–Crippen LogP) is 2.31. The van der Waals surface area contributed by atoms with Crippen molar-refractivity contribution in [3.8, 4) is 0 Å². The molecule has 1 aliphatic rings. The Hall–Kier alpha value is -2.40. The van der Waals surface area contributed by atoms with Gasteiger partial charge in [-0.25, -0.2) is 4.98 Å². The van der Waals surface area contributed by atoms with Gasteiger partial charge in [-0.3, -0.25) is 9.59 Å². The van der Waals surface area contributed by atoms with Crippen LogP contribution < -0.4 is 10.2 Å². The number of halogens is 1. The Bertz CT molecular complexity index is 704. The van der Waals surface area contributed by atoms with Crippen LogP contribution in [0, 0.1) is 0 Å². The van der Waals surface area contributed by atoms with Gasteiger partial charge in [-0.15, -0.1) is 0 Å². The first-order valence-electron chi connectivity index (χ1n) is 7.40. The third kappa shape index (κ3) is 3.68. The zero-order valence-electron chi connectivity index (χ0n) is 12.4. The van der Waals surface area contributed by atoms with Gasteiger partial charge >= 0.3 is 0 Å². The van der Waals surface area contributed by atoms with Crippen molar-refractivity contribution in [1.29, 1.82) is 0 Å². The molecule has 2 heterocycles. The van der Waals surface area contributed by atoms with Gasteiger partial charge < -0.3 is 10.2 Å². The fourth-order valence-corrected chi connectivity index (χ4v) is 2.74. The van der Waals surface area contributed by atoms with Gasteiger partial charge in [0.2, 0.25) is 5.78 Å². The highest BCUT2D eigenvalue weighted by molar-refractivity contribution is 6.43. The largest absolute Gasteiger partial charge is 0.354 e. The SMILES string of the molecule is O=C(N[C@H]1CCN(c2ccccn2)C1)C(=O)c1ccc(Cl)cc1. The zero-order valence-corrected chi connectivity index (χ0v) is 13.2. The Balaban J connectivity index is 1.58. The Morgan fingerprint density at radius 1 is 1.17 bits per heavy atom. The summed E-state index contributed by atoms with van der Waals surface area (Å²) < 4.78 is 0. The van der Waals surface area contributed by atoms with Gasteiger partial charge in [-0.1, -0.05) is 17.7 Å². The number of pyridine rings is 1. The number of ketones is 1. The maximum absolute atomic E-state index is 12.1. The highest BCUT2D eigenvalue weighted by Crippen LogP contribution is 2.17. The van der Waals surface area contributed by atoms with Crippen LogP contribution in [0.4, 0.5) is 5.82 Å². The molecule has 3 rings (SSSR count). The number of hydrogen-bond acceptors (Lipinski definition) is 4. The lowest BCUT2D eigenvalue weighted by Gasteiger charge is -2.17. The van der Waals surface area contributed by atoms with Crippen LogP contribution in [0.5, 0.6) is 0 Å². The van der Waals surface area contributed by atoms with Crippen LogP contribution in [0.15, 0.2) is 48.7 Å². The minimum absolute atomic E-state index is 0.0549. The summed E-state index contributed by atoms with van der Waals surface area (Å²) in [6, 6.07) is 12.0. The van der Waals surface area contributed by atoms with Crippen LogP contribution in [0.2, 0.25) is 5.02 Å². The molecule has 0 saturated carbocycles. The molecule has 1 amide bonds. The fraction of sp³-hybridized carbons (Fsp3) is 0.235. The van der Waals surface area contributed by atoms with E-state index in [4.69, 9.17) is 11.6 Å². The molecule has 1 atom stereocenters. The average molecular weight is 330 g/mol. The van der Waals surface area contributed by atoms with Crippen LogP contribution in [0.25, 0.3) is 0 Å². The molecular formula is C17H16ClN3O2. The van der Waals surface area contributed by atoms with Crippen molar-refractivity contribution in [2.24, 2.45) is 0 Å². The van der Waals surface area contributed by atoms with Crippen molar-refractivity contribution in [3.63, 3.8) is 0 Å². The first-order valence-corrected chi connectivity index (χ1v) is 7.78. The molecule has 1 aromatic carbocycles. The van der Waals surface area contributed by atoms with Crippen LogP contribution in [0.1, 0.15) is 16.8 Å². The normalized spacial score (nSPS) is 17.1. The van der Waals surface area contributed by atoms with E-state index < -0.39 is 11.7 Å². The lowest BCUT2D eigenvalue weighted by Crippen LogP contribution is -2.41. The summed E-state index contributed by atoms with van der Waals surface area (Å²) in [5.41, 5.74) is 0.339. The van der Waals surface area contributed by atoms with Crippen LogP contribution in [0.3, 0.4) is 0 Å². The van der Waals surface area contributed by atoms with E-state index in [1.54, 1.807) is 30.5 Å². The second kappa shape index (κ2) is 6.79. The summed E-state index contributed by atoms with van der Waals surface area (Å²) in [5.74, 6) is -0.244. The van der Waals surface area contributed by atoms with Gasteiger partial charge in [0.1, 0.15) is 5.82 Å². The monoisotopic (exact) mass is 329 g/mol. The number of hydrogen-bond donors (Lipinski definition) is 1. The molecule has 118 valence electrons. The standard InChI is InChI=1S/C17H16ClN3O2/c18-13-6-4-12(5-7-13)16(22)17(23)20-14-8-10-21(11-14)15-3-1-2-9-19-15/h1-7,9,14H,8,10-11H2,(H,20,23)/t14-/m0/s1. The molecule has 1 N–H and O–H groups in total. The third-order valence-electron chi connectivity index (χ3n) is 3.81. The van der Waals surface area contributed by atoms with E-state index in [1.165, 1.54) is 0 Å². The van der Waals surface area contributed by atoms with E-state index in [-0.39, 0.29) is 6.04 Å². The molecule has 0 spiro atoms. The minimum atomic E-state index is -0.583. The summed E-state index contributed by atoms with van der Waals surface area (Å²) in [6.07, 6.45) is 2.53. The maximum Gasteiger partial charge on any atom is 0.292 e. The molecule has 0 bridgehead atoms. The molecule has 0 unspecified atom stereocenters. The maximum atomic E-state index is 12.1. The van der Waals surface area contributed by atoms with Crippen LogP contribution in [-0.4, -0.2) is 35.8 Å². The van der Waals surface area contributed by atoms with Crippen LogP contribution in [-0.2, 0) is 4.79 Å². The van der Waals surface area contributed by atoms with E-state index in [1.807, 2.05) is 18.2 Å². The van der Waals surface area contributed by atoms with E-state index >= 15 is 0 Å². The Morgan fingerprint density at radius 3 is 2.65 bits per heavy atom. The quantitative estimate of drug-likeness (QED) is 0.690. The first kappa shape index (κ1) is 15.5. The molecule has 1 saturated heterocycles. The van der Waals surface area contributed by atoms with Crippen LogP contribution >= 0.6 is 11.6 Å². The minimum Gasteiger partial charge on any atom is -0.354 e. The first-order chi connectivity index (χ1) is 11.1. The lowest BCUT2D eigenvalue weighted by molar-refractivity contribution is -0.117. The van der Waals surface area contributed by atoms with Crippen molar-refractivity contribution in [3.05, 3.63) is 59.2 Å². The molecule has 2 aromatic rings. The second-order valence-corrected chi connectivity index (χ2v) is 5.87. The summed E-state index contributed by atoms with van der Waals surface area (Å²) in [5, 5.41) is 3.33. The molecule has 1 aromatic heterocycles. The summed E-state index contributed by atoms with van der Waals surface area (Å²) in [4.78, 5) is 30.6. The number of Topliss-reactive ketones (excluding diaryl/α,β-unsaturated/α-hetero) is 1. The number of anilines is 1. The Morgan fingerprint density at radius 2 is 1.96 bits per heavy atom. The fourth-order valence-electron chi connectivity index (χ4n) is 2.61. The third-order valence-corrected chi connectivity index (χ3v) is 4.06. The molecule has 1 fully saturated rings. The van der Waals surface area contributed by atoms with Gasteiger partial charge in [0, 0.05) is 35.9 Å². The van der Waals surface area contributed by atoms with Gasteiger partial charge in [0.25, 0.3) is 5.91 Å².